The molecule has 5 nitrogen and oxygen atoms in total. The molecule has 0 aromatic heterocycles. The summed E-state index contributed by atoms with van der Waals surface area (Å²) in [6.45, 7) is 0.688. The van der Waals surface area contributed by atoms with Gasteiger partial charge in [-0.3, -0.25) is 4.79 Å². The molecule has 0 aliphatic carbocycles. The summed E-state index contributed by atoms with van der Waals surface area (Å²) in [6.07, 6.45) is 1.01. The van der Waals surface area contributed by atoms with Crippen molar-refractivity contribution in [3.05, 3.63) is 64.2 Å². The minimum Gasteiger partial charge on any atom is -0.492 e. The third-order valence-corrected chi connectivity index (χ3v) is 5.52. The van der Waals surface area contributed by atoms with Crippen molar-refractivity contribution in [2.24, 2.45) is 5.92 Å². The van der Waals surface area contributed by atoms with Gasteiger partial charge in [-0.2, -0.15) is 0 Å². The highest BCUT2D eigenvalue weighted by Gasteiger charge is 2.39. The maximum absolute atomic E-state index is 13.3. The number of rotatable bonds is 2. The van der Waals surface area contributed by atoms with Crippen LogP contribution in [0.5, 0.6) is 5.75 Å². The Balaban J connectivity index is 1.60. The Hall–Kier alpha value is -2.53. The van der Waals surface area contributed by atoms with Crippen LogP contribution in [-0.2, 0) is 33.7 Å². The fourth-order valence-corrected chi connectivity index (χ4v) is 4.05. The average Bonchev–Trinajstić information content (AvgIpc) is 2.71. The molecule has 2 aromatic rings. The second-order valence-electron chi connectivity index (χ2n) is 6.94. The summed E-state index contributed by atoms with van der Waals surface area (Å²) >= 11 is 6.08. The van der Waals surface area contributed by atoms with Crippen LogP contribution in [0.4, 0.5) is 0 Å². The van der Waals surface area contributed by atoms with E-state index in [0.29, 0.717) is 31.0 Å². The molecular weight excluding hydrogens is 366 g/mol. The van der Waals surface area contributed by atoms with Crippen molar-refractivity contribution in [2.45, 2.75) is 25.4 Å². The molecule has 0 fully saturated rings. The largest absolute Gasteiger partial charge is 0.492 e. The Labute approximate surface area is 162 Å². The molecular formula is C21H20ClNO4. The first kappa shape index (κ1) is 17.9. The predicted molar refractivity (Wildman–Crippen MR) is 101 cm³/mol. The van der Waals surface area contributed by atoms with Crippen molar-refractivity contribution in [1.82, 2.24) is 4.90 Å². The van der Waals surface area contributed by atoms with Gasteiger partial charge >= 0.3 is 5.97 Å². The van der Waals surface area contributed by atoms with Crippen LogP contribution >= 0.6 is 11.6 Å². The maximum atomic E-state index is 13.3. The summed E-state index contributed by atoms with van der Waals surface area (Å²) in [5.41, 5.74) is 3.05. The van der Waals surface area contributed by atoms with E-state index in [-0.39, 0.29) is 11.8 Å². The summed E-state index contributed by atoms with van der Waals surface area (Å²) in [5, 5.41) is 0.616. The number of hydrogen-bond donors (Lipinski definition) is 0. The van der Waals surface area contributed by atoms with Gasteiger partial charge in [-0.05, 0) is 41.3 Å². The number of ether oxygens (including phenoxy) is 2. The van der Waals surface area contributed by atoms with Crippen LogP contribution in [-0.4, -0.2) is 36.5 Å². The van der Waals surface area contributed by atoms with Gasteiger partial charge < -0.3 is 14.4 Å². The lowest BCUT2D eigenvalue weighted by Gasteiger charge is -2.38. The van der Waals surface area contributed by atoms with Crippen molar-refractivity contribution in [3.63, 3.8) is 0 Å². The third kappa shape index (κ3) is 3.39. The lowest BCUT2D eigenvalue weighted by atomic mass is 9.90. The van der Waals surface area contributed by atoms with Crippen molar-refractivity contribution < 1.29 is 19.1 Å². The molecule has 27 heavy (non-hydrogen) atoms. The molecule has 2 atom stereocenters. The fourth-order valence-electron chi connectivity index (χ4n) is 3.86. The van der Waals surface area contributed by atoms with E-state index in [4.69, 9.17) is 21.1 Å². The van der Waals surface area contributed by atoms with Gasteiger partial charge in [-0.15, -0.1) is 0 Å². The number of esters is 1. The minimum atomic E-state index is -0.613. The number of amides is 1. The van der Waals surface area contributed by atoms with E-state index >= 15 is 0 Å². The maximum Gasteiger partial charge on any atom is 0.328 e. The number of methoxy groups -OCH3 is 1. The van der Waals surface area contributed by atoms with Gasteiger partial charge in [-0.1, -0.05) is 35.9 Å². The zero-order chi connectivity index (χ0) is 19.0. The first-order valence-corrected chi connectivity index (χ1v) is 9.31. The molecule has 0 radical (unpaired) electrons. The summed E-state index contributed by atoms with van der Waals surface area (Å²) in [4.78, 5) is 27.3. The van der Waals surface area contributed by atoms with Gasteiger partial charge in [0.05, 0.1) is 13.0 Å². The second kappa shape index (κ2) is 7.24. The molecule has 2 unspecified atom stereocenters. The first-order valence-electron chi connectivity index (χ1n) is 8.93. The van der Waals surface area contributed by atoms with Crippen LogP contribution in [0.2, 0.25) is 5.02 Å². The smallest absolute Gasteiger partial charge is 0.328 e. The number of carbonyl (C=O) groups excluding carboxylic acids is 2. The Kier molecular flexibility index (Phi) is 4.79. The van der Waals surface area contributed by atoms with E-state index in [0.717, 1.165) is 22.4 Å². The van der Waals surface area contributed by atoms with Crippen molar-refractivity contribution in [1.29, 1.82) is 0 Å². The topological polar surface area (TPSA) is 55.8 Å². The lowest BCUT2D eigenvalue weighted by molar-refractivity contribution is -0.156. The quantitative estimate of drug-likeness (QED) is 0.746. The normalized spacial score (nSPS) is 20.9. The molecule has 0 N–H and O–H groups in total. The van der Waals surface area contributed by atoms with Crippen LogP contribution < -0.4 is 4.74 Å². The molecule has 4 rings (SSSR count). The molecule has 6 heteroatoms. The lowest BCUT2D eigenvalue weighted by Crippen LogP contribution is -2.52. The molecule has 2 aromatic carbocycles. The van der Waals surface area contributed by atoms with Crippen LogP contribution in [0.3, 0.4) is 0 Å². The molecule has 1 amide bonds. The third-order valence-electron chi connectivity index (χ3n) is 5.28. The second-order valence-corrected chi connectivity index (χ2v) is 7.38. The summed E-state index contributed by atoms with van der Waals surface area (Å²) < 4.78 is 10.7. The summed E-state index contributed by atoms with van der Waals surface area (Å²) in [6, 6.07) is 12.7. The summed E-state index contributed by atoms with van der Waals surface area (Å²) in [5.74, 6) is -0.0751. The highest BCUT2D eigenvalue weighted by Crippen LogP contribution is 2.32. The molecule has 2 heterocycles. The zero-order valence-corrected chi connectivity index (χ0v) is 15.7. The number of benzene rings is 2. The average molecular weight is 386 g/mol. The van der Waals surface area contributed by atoms with Gasteiger partial charge in [0.25, 0.3) is 0 Å². The Morgan fingerprint density at radius 2 is 1.89 bits per heavy atom. The standard InChI is InChI=1S/C21H20ClNO4/c1-26-21(25)18-10-13-4-2-3-5-14(13)11-23(18)20(24)16-8-15-9-17(22)6-7-19(15)27-12-16/h2-7,9,16,18H,8,10-12H2,1H3. The van der Waals surface area contributed by atoms with Gasteiger partial charge in [0.1, 0.15) is 18.4 Å². The molecule has 0 saturated heterocycles. The van der Waals surface area contributed by atoms with E-state index in [2.05, 4.69) is 0 Å². The monoisotopic (exact) mass is 385 g/mol. The van der Waals surface area contributed by atoms with Crippen LogP contribution in [0.1, 0.15) is 16.7 Å². The molecule has 2 aliphatic rings. The first-order chi connectivity index (χ1) is 13.1. The Morgan fingerprint density at radius 1 is 1.11 bits per heavy atom. The Bertz CT molecular complexity index is 898. The van der Waals surface area contributed by atoms with Crippen molar-refractivity contribution in [2.75, 3.05) is 13.7 Å². The van der Waals surface area contributed by atoms with E-state index in [1.807, 2.05) is 36.4 Å². The van der Waals surface area contributed by atoms with Gasteiger partial charge in [0.15, 0.2) is 0 Å². The van der Waals surface area contributed by atoms with Crippen LogP contribution in [0.25, 0.3) is 0 Å². The van der Waals surface area contributed by atoms with Gasteiger partial charge in [-0.25, -0.2) is 4.79 Å². The zero-order valence-electron chi connectivity index (χ0n) is 15.0. The van der Waals surface area contributed by atoms with Crippen molar-refractivity contribution in [3.8, 4) is 5.75 Å². The van der Waals surface area contributed by atoms with Gasteiger partial charge in [0, 0.05) is 18.0 Å². The van der Waals surface area contributed by atoms with Crippen LogP contribution in [0, 0.1) is 5.92 Å². The van der Waals surface area contributed by atoms with E-state index in [9.17, 15) is 9.59 Å². The van der Waals surface area contributed by atoms with E-state index < -0.39 is 12.0 Å². The fraction of sp³-hybridized carbons (Fsp3) is 0.333. The SMILES string of the molecule is COC(=O)C1Cc2ccccc2CN1C(=O)C1COc2ccc(Cl)cc2C1. The molecule has 2 aliphatic heterocycles. The Morgan fingerprint density at radius 3 is 2.67 bits per heavy atom. The number of nitrogens with zero attached hydrogens (tertiary/aromatic N) is 1. The number of hydrogen-bond acceptors (Lipinski definition) is 4. The van der Waals surface area contributed by atoms with Crippen molar-refractivity contribution >= 4 is 23.5 Å². The predicted octanol–water partition coefficient (Wildman–Crippen LogP) is 3.02. The number of halogens is 1. The molecule has 0 spiro atoms. The van der Waals surface area contributed by atoms with Gasteiger partial charge in [0.2, 0.25) is 5.91 Å². The van der Waals surface area contributed by atoms with E-state index in [1.54, 1.807) is 11.0 Å². The summed E-state index contributed by atoms with van der Waals surface area (Å²) in [7, 11) is 1.35. The minimum absolute atomic E-state index is 0.0921. The number of carbonyl (C=O) groups is 2. The highest BCUT2D eigenvalue weighted by atomic mass is 35.5. The van der Waals surface area contributed by atoms with E-state index in [1.165, 1.54) is 7.11 Å². The molecule has 0 saturated carbocycles. The highest BCUT2D eigenvalue weighted by molar-refractivity contribution is 6.30. The molecule has 140 valence electrons. The molecule has 0 bridgehead atoms. The number of fused-ring (bicyclic) bond motifs is 2. The van der Waals surface area contributed by atoms with Crippen LogP contribution in [0.15, 0.2) is 42.5 Å².